The highest BCUT2D eigenvalue weighted by Gasteiger charge is 2.30. The molecule has 2 heterocycles. The lowest BCUT2D eigenvalue weighted by Gasteiger charge is -2.43. The summed E-state index contributed by atoms with van der Waals surface area (Å²) in [5.74, 6) is 0.270. The van der Waals surface area contributed by atoms with Crippen molar-refractivity contribution in [3.63, 3.8) is 0 Å². The van der Waals surface area contributed by atoms with Gasteiger partial charge in [0.05, 0.1) is 6.54 Å². The molecule has 2 saturated heterocycles. The summed E-state index contributed by atoms with van der Waals surface area (Å²) >= 11 is 0. The first-order valence-electron chi connectivity index (χ1n) is 13.0. The van der Waals surface area contributed by atoms with E-state index < -0.39 is 0 Å². The summed E-state index contributed by atoms with van der Waals surface area (Å²) in [6.45, 7) is 7.03. The first-order chi connectivity index (χ1) is 17.2. The van der Waals surface area contributed by atoms with Crippen LogP contribution in [0.1, 0.15) is 24.8 Å². The number of hydrogen-bond acceptors (Lipinski definition) is 4. The number of rotatable bonds is 6. The fourth-order valence-corrected chi connectivity index (χ4v) is 5.20. The van der Waals surface area contributed by atoms with E-state index in [-0.39, 0.29) is 11.8 Å². The van der Waals surface area contributed by atoms with Crippen LogP contribution in [0.15, 0.2) is 60.7 Å². The van der Waals surface area contributed by atoms with Crippen molar-refractivity contribution in [1.82, 2.24) is 19.6 Å². The van der Waals surface area contributed by atoms with E-state index in [1.165, 1.54) is 30.4 Å². The molecule has 184 valence electrons. The van der Waals surface area contributed by atoms with E-state index >= 15 is 0 Å². The van der Waals surface area contributed by atoms with Crippen LogP contribution in [0.2, 0.25) is 0 Å². The fraction of sp³-hybridized carbons (Fsp3) is 0.448. The summed E-state index contributed by atoms with van der Waals surface area (Å²) in [4.78, 5) is 34.1. The highest BCUT2D eigenvalue weighted by molar-refractivity contribution is 5.92. The van der Waals surface area contributed by atoms with Gasteiger partial charge in [-0.25, -0.2) is 0 Å². The molecule has 0 atom stereocenters. The van der Waals surface area contributed by atoms with Gasteiger partial charge in [0.2, 0.25) is 11.8 Å². The fourth-order valence-electron chi connectivity index (χ4n) is 5.20. The first kappa shape index (κ1) is 23.8. The Hall–Kier alpha value is -2.96. The van der Waals surface area contributed by atoms with Crippen molar-refractivity contribution in [3.8, 4) is 11.1 Å². The minimum Gasteiger partial charge on any atom is -0.339 e. The molecule has 2 amide bonds. The van der Waals surface area contributed by atoms with E-state index in [1.807, 2.05) is 46.2 Å². The highest BCUT2D eigenvalue weighted by atomic mass is 16.2. The summed E-state index contributed by atoms with van der Waals surface area (Å²) in [6.07, 6.45) is 7.56. The number of carbonyl (C=O) groups excluding carboxylic acids is 2. The molecule has 2 aromatic rings. The van der Waals surface area contributed by atoms with Gasteiger partial charge in [-0.05, 0) is 35.6 Å². The van der Waals surface area contributed by atoms with Crippen LogP contribution in [0.25, 0.3) is 17.2 Å². The average molecular weight is 473 g/mol. The molecule has 0 unspecified atom stereocenters. The quantitative estimate of drug-likeness (QED) is 0.606. The van der Waals surface area contributed by atoms with E-state index in [9.17, 15) is 9.59 Å². The SMILES string of the molecule is O=C(/C=C/c1ccc(-c2ccccc2)cc1)N1CCN(CC(=O)N2CCN(C3CCC3)CC2)CC1. The molecule has 35 heavy (non-hydrogen) atoms. The van der Waals surface area contributed by atoms with Crippen LogP contribution < -0.4 is 0 Å². The predicted molar refractivity (Wildman–Crippen MR) is 140 cm³/mol. The molecular formula is C29H36N4O2. The normalized spacial score (nSPS) is 20.2. The van der Waals surface area contributed by atoms with Gasteiger partial charge < -0.3 is 9.80 Å². The third-order valence-electron chi connectivity index (χ3n) is 7.74. The number of carbonyl (C=O) groups is 2. The van der Waals surface area contributed by atoms with Gasteiger partial charge in [0, 0.05) is 64.5 Å². The Bertz CT molecular complexity index is 1020. The first-order valence-corrected chi connectivity index (χ1v) is 13.0. The second-order valence-corrected chi connectivity index (χ2v) is 9.92. The van der Waals surface area contributed by atoms with E-state index in [4.69, 9.17) is 0 Å². The number of hydrogen-bond donors (Lipinski definition) is 0. The molecule has 2 aliphatic heterocycles. The van der Waals surface area contributed by atoms with Gasteiger partial charge in [0.15, 0.2) is 0 Å². The molecule has 3 aliphatic rings. The van der Waals surface area contributed by atoms with Crippen LogP contribution in [0, 0.1) is 0 Å². The van der Waals surface area contributed by atoms with Crippen LogP contribution in [-0.2, 0) is 9.59 Å². The van der Waals surface area contributed by atoms with Gasteiger partial charge in [-0.1, -0.05) is 61.0 Å². The minimum absolute atomic E-state index is 0.0372. The number of piperazine rings is 2. The minimum atomic E-state index is 0.0372. The lowest BCUT2D eigenvalue weighted by Crippen LogP contribution is -2.56. The van der Waals surface area contributed by atoms with Crippen LogP contribution in [-0.4, -0.2) is 96.4 Å². The zero-order valence-electron chi connectivity index (χ0n) is 20.5. The maximum Gasteiger partial charge on any atom is 0.246 e. The van der Waals surface area contributed by atoms with Crippen molar-refractivity contribution in [3.05, 3.63) is 66.2 Å². The number of benzene rings is 2. The predicted octanol–water partition coefficient (Wildman–Crippen LogP) is 3.21. The average Bonchev–Trinajstić information content (AvgIpc) is 2.88. The molecule has 3 fully saturated rings. The largest absolute Gasteiger partial charge is 0.339 e. The van der Waals surface area contributed by atoms with Crippen LogP contribution in [0.3, 0.4) is 0 Å². The van der Waals surface area contributed by atoms with Crippen molar-refractivity contribution >= 4 is 17.9 Å². The van der Waals surface area contributed by atoms with Crippen molar-refractivity contribution in [1.29, 1.82) is 0 Å². The lowest BCUT2D eigenvalue weighted by atomic mass is 9.91. The van der Waals surface area contributed by atoms with Gasteiger partial charge in [-0.15, -0.1) is 0 Å². The Morgan fingerprint density at radius 2 is 1.37 bits per heavy atom. The van der Waals surface area contributed by atoms with Gasteiger partial charge >= 0.3 is 0 Å². The third-order valence-corrected chi connectivity index (χ3v) is 7.74. The van der Waals surface area contributed by atoms with E-state index in [0.717, 1.165) is 50.9 Å². The summed E-state index contributed by atoms with van der Waals surface area (Å²) in [7, 11) is 0. The number of amides is 2. The van der Waals surface area contributed by atoms with E-state index in [1.54, 1.807) is 6.08 Å². The summed E-state index contributed by atoms with van der Waals surface area (Å²) < 4.78 is 0. The van der Waals surface area contributed by atoms with Gasteiger partial charge in [-0.2, -0.15) is 0 Å². The molecule has 1 aliphatic carbocycles. The maximum absolute atomic E-state index is 12.8. The third kappa shape index (κ3) is 6.00. The monoisotopic (exact) mass is 472 g/mol. The summed E-state index contributed by atoms with van der Waals surface area (Å²) in [6, 6.07) is 19.3. The molecule has 0 N–H and O–H groups in total. The molecular weight excluding hydrogens is 436 g/mol. The van der Waals surface area contributed by atoms with E-state index in [0.29, 0.717) is 19.6 Å². The Kier molecular flexibility index (Phi) is 7.60. The maximum atomic E-state index is 12.8. The van der Waals surface area contributed by atoms with Crippen LogP contribution in [0.4, 0.5) is 0 Å². The van der Waals surface area contributed by atoms with Gasteiger partial charge in [-0.3, -0.25) is 19.4 Å². The van der Waals surface area contributed by atoms with Gasteiger partial charge in [0.1, 0.15) is 0 Å². The smallest absolute Gasteiger partial charge is 0.246 e. The van der Waals surface area contributed by atoms with Crippen LogP contribution >= 0.6 is 0 Å². The molecule has 6 nitrogen and oxygen atoms in total. The van der Waals surface area contributed by atoms with Gasteiger partial charge in [0.25, 0.3) is 0 Å². The molecule has 1 saturated carbocycles. The topological polar surface area (TPSA) is 47.1 Å². The molecule has 6 heteroatoms. The standard InChI is InChI=1S/C29H36N4O2/c34-28(14-11-24-9-12-26(13-10-24)25-5-2-1-3-6-25)32-17-15-30(16-18-32)23-29(35)33-21-19-31(20-22-33)27-7-4-8-27/h1-3,5-6,9-14,27H,4,7-8,15-23H2/b14-11+. The zero-order chi connectivity index (χ0) is 24.0. The molecule has 0 bridgehead atoms. The zero-order valence-corrected chi connectivity index (χ0v) is 20.5. The van der Waals surface area contributed by atoms with Crippen molar-refractivity contribution in [2.75, 3.05) is 58.9 Å². The summed E-state index contributed by atoms with van der Waals surface area (Å²) in [5.41, 5.74) is 3.37. The van der Waals surface area contributed by atoms with Crippen molar-refractivity contribution in [2.45, 2.75) is 25.3 Å². The lowest BCUT2D eigenvalue weighted by molar-refractivity contribution is -0.135. The summed E-state index contributed by atoms with van der Waals surface area (Å²) in [5, 5.41) is 0. The second kappa shape index (κ2) is 11.2. The Morgan fingerprint density at radius 1 is 0.743 bits per heavy atom. The molecule has 0 radical (unpaired) electrons. The van der Waals surface area contributed by atoms with Crippen molar-refractivity contribution in [2.24, 2.45) is 0 Å². The number of nitrogens with zero attached hydrogens (tertiary/aromatic N) is 4. The van der Waals surface area contributed by atoms with Crippen LogP contribution in [0.5, 0.6) is 0 Å². The molecule has 2 aromatic carbocycles. The second-order valence-electron chi connectivity index (χ2n) is 9.92. The highest BCUT2D eigenvalue weighted by Crippen LogP contribution is 2.25. The molecule has 5 rings (SSSR count). The Morgan fingerprint density at radius 3 is 2.00 bits per heavy atom. The van der Waals surface area contributed by atoms with Crippen molar-refractivity contribution < 1.29 is 9.59 Å². The Balaban J connectivity index is 1.04. The van der Waals surface area contributed by atoms with E-state index in [2.05, 4.69) is 34.1 Å². The molecule has 0 aromatic heterocycles. The molecule has 0 spiro atoms. The Labute approximate surface area is 208 Å².